The van der Waals surface area contributed by atoms with Crippen LogP contribution in [0.1, 0.15) is 46.0 Å². The minimum Gasteiger partial charge on any atom is -0.459 e. The normalized spacial score (nSPS) is 17.6. The van der Waals surface area contributed by atoms with Gasteiger partial charge in [0, 0.05) is 31.4 Å². The summed E-state index contributed by atoms with van der Waals surface area (Å²) in [5.74, 6) is -0.195. The van der Waals surface area contributed by atoms with Gasteiger partial charge in [-0.05, 0) is 37.8 Å². The summed E-state index contributed by atoms with van der Waals surface area (Å²) in [5, 5.41) is 9.21. The first kappa shape index (κ1) is 17.9. The van der Waals surface area contributed by atoms with Crippen molar-refractivity contribution in [3.05, 3.63) is 51.8 Å². The van der Waals surface area contributed by atoms with Gasteiger partial charge in [0.05, 0.1) is 6.26 Å². The van der Waals surface area contributed by atoms with E-state index in [2.05, 4.69) is 15.5 Å². The number of nitrogens with zero attached hydrogens (tertiary/aromatic N) is 2. The Kier molecular flexibility index (Phi) is 5.50. The first-order valence-corrected chi connectivity index (χ1v) is 8.72. The summed E-state index contributed by atoms with van der Waals surface area (Å²) >= 11 is 0. The molecule has 1 atom stereocenters. The third kappa shape index (κ3) is 4.19. The maximum Gasteiger partial charge on any atom is 0.289 e. The number of aromatic nitrogens is 2. The molecule has 138 valence electrons. The number of rotatable bonds is 4. The zero-order chi connectivity index (χ0) is 18.5. The molecule has 3 rings (SSSR count). The molecule has 0 saturated carbocycles. The molecule has 0 bridgehead atoms. The summed E-state index contributed by atoms with van der Waals surface area (Å²) < 4.78 is 5.20. The van der Waals surface area contributed by atoms with Gasteiger partial charge in [-0.2, -0.15) is 5.10 Å². The van der Waals surface area contributed by atoms with Gasteiger partial charge in [-0.1, -0.05) is 6.42 Å². The van der Waals surface area contributed by atoms with E-state index in [1.807, 2.05) is 0 Å². The average Bonchev–Trinajstić information content (AvgIpc) is 3.05. The van der Waals surface area contributed by atoms with Crippen molar-refractivity contribution in [2.75, 3.05) is 19.6 Å². The van der Waals surface area contributed by atoms with Crippen LogP contribution in [0.3, 0.4) is 0 Å². The average molecular weight is 358 g/mol. The van der Waals surface area contributed by atoms with E-state index in [4.69, 9.17) is 4.42 Å². The summed E-state index contributed by atoms with van der Waals surface area (Å²) in [7, 11) is 0. The molecule has 1 aliphatic rings. The molecule has 0 radical (unpaired) electrons. The van der Waals surface area contributed by atoms with Gasteiger partial charge < -0.3 is 14.6 Å². The van der Waals surface area contributed by atoms with Crippen molar-refractivity contribution in [2.45, 2.75) is 26.2 Å². The standard InChI is InChI=1S/C18H22N4O4/c1-12-9-14(23)16(21-20-12)17(24)19-10-13-5-2-3-7-22(11-13)18(25)15-6-4-8-26-15/h4,6,8-9,13H,2-3,5,7,10-11H2,1H3,(H,19,24)(H,20,23). The molecule has 0 aliphatic carbocycles. The molecule has 2 aromatic rings. The molecular formula is C18H22N4O4. The molecule has 1 saturated heterocycles. The highest BCUT2D eigenvalue weighted by Gasteiger charge is 2.25. The molecule has 2 aromatic heterocycles. The van der Waals surface area contributed by atoms with Gasteiger partial charge in [0.2, 0.25) is 5.43 Å². The maximum absolute atomic E-state index is 12.5. The predicted molar refractivity (Wildman–Crippen MR) is 93.9 cm³/mol. The zero-order valence-corrected chi connectivity index (χ0v) is 14.7. The number of carbonyl (C=O) groups is 2. The van der Waals surface area contributed by atoms with Crippen LogP contribution in [0.25, 0.3) is 0 Å². The van der Waals surface area contributed by atoms with Crippen molar-refractivity contribution in [1.82, 2.24) is 20.4 Å². The number of nitrogens with one attached hydrogen (secondary N) is 2. The fourth-order valence-corrected chi connectivity index (χ4v) is 3.12. The Bertz CT molecular complexity index is 828. The second-order valence-electron chi connectivity index (χ2n) is 6.56. The first-order valence-electron chi connectivity index (χ1n) is 8.72. The quantitative estimate of drug-likeness (QED) is 0.857. The lowest BCUT2D eigenvalue weighted by molar-refractivity contribution is 0.0708. The van der Waals surface area contributed by atoms with Crippen molar-refractivity contribution in [3.8, 4) is 0 Å². The molecule has 2 amide bonds. The third-order valence-electron chi connectivity index (χ3n) is 4.48. The van der Waals surface area contributed by atoms with Gasteiger partial charge in [0.1, 0.15) is 0 Å². The summed E-state index contributed by atoms with van der Waals surface area (Å²) in [4.78, 5) is 38.3. The van der Waals surface area contributed by atoms with Gasteiger partial charge in [0.15, 0.2) is 11.5 Å². The number of H-pyrrole nitrogens is 1. The number of hydrogen-bond acceptors (Lipinski definition) is 5. The van der Waals surface area contributed by atoms with Crippen LogP contribution in [0.4, 0.5) is 0 Å². The molecule has 1 unspecified atom stereocenters. The van der Waals surface area contributed by atoms with Crippen molar-refractivity contribution in [1.29, 1.82) is 0 Å². The van der Waals surface area contributed by atoms with E-state index in [1.54, 1.807) is 24.0 Å². The summed E-state index contributed by atoms with van der Waals surface area (Å²) in [5.41, 5.74) is 0.0457. The number of carbonyl (C=O) groups excluding carboxylic acids is 2. The molecule has 8 nitrogen and oxygen atoms in total. The molecule has 0 spiro atoms. The second-order valence-corrected chi connectivity index (χ2v) is 6.56. The zero-order valence-electron chi connectivity index (χ0n) is 14.7. The van der Waals surface area contributed by atoms with E-state index in [1.165, 1.54) is 12.3 Å². The molecule has 2 N–H and O–H groups in total. The number of likely N-dealkylation sites (tertiary alicyclic amines) is 1. The van der Waals surface area contributed by atoms with Crippen LogP contribution in [-0.2, 0) is 0 Å². The van der Waals surface area contributed by atoms with Crippen LogP contribution < -0.4 is 10.7 Å². The molecule has 8 heteroatoms. The van der Waals surface area contributed by atoms with Crippen molar-refractivity contribution >= 4 is 11.8 Å². The predicted octanol–water partition coefficient (Wildman–Crippen LogP) is 1.34. The van der Waals surface area contributed by atoms with E-state index in [9.17, 15) is 14.4 Å². The monoisotopic (exact) mass is 358 g/mol. The Balaban J connectivity index is 1.60. The van der Waals surface area contributed by atoms with Crippen LogP contribution in [0.2, 0.25) is 0 Å². The Labute approximate surface area is 150 Å². The molecule has 3 heterocycles. The summed E-state index contributed by atoms with van der Waals surface area (Å²) in [6.45, 7) is 3.29. The van der Waals surface area contributed by atoms with Crippen molar-refractivity contribution in [3.63, 3.8) is 0 Å². The number of aryl methyl sites for hydroxylation is 1. The first-order chi connectivity index (χ1) is 12.5. The van der Waals surface area contributed by atoms with E-state index in [-0.39, 0.29) is 17.5 Å². The lowest BCUT2D eigenvalue weighted by Crippen LogP contribution is -2.39. The van der Waals surface area contributed by atoms with Crippen LogP contribution in [0.15, 0.2) is 33.7 Å². The topological polar surface area (TPSA) is 108 Å². The van der Waals surface area contributed by atoms with Crippen LogP contribution in [0, 0.1) is 12.8 Å². The molecular weight excluding hydrogens is 336 g/mol. The number of aromatic amines is 1. The van der Waals surface area contributed by atoms with E-state index < -0.39 is 11.3 Å². The SMILES string of the molecule is Cc1cc(=O)c(C(=O)NCC2CCCCN(C(=O)c3ccco3)C2)n[nH]1. The van der Waals surface area contributed by atoms with E-state index in [0.717, 1.165) is 19.3 Å². The second kappa shape index (κ2) is 7.99. The Morgan fingerprint density at radius 1 is 1.42 bits per heavy atom. The Hall–Kier alpha value is -2.90. The minimum atomic E-state index is -0.501. The minimum absolute atomic E-state index is 0.116. The number of hydrogen-bond donors (Lipinski definition) is 2. The highest BCUT2D eigenvalue weighted by Crippen LogP contribution is 2.18. The van der Waals surface area contributed by atoms with Crippen molar-refractivity contribution in [2.24, 2.45) is 5.92 Å². The molecule has 1 aliphatic heterocycles. The number of amides is 2. The van der Waals surface area contributed by atoms with Crippen LogP contribution in [0.5, 0.6) is 0 Å². The third-order valence-corrected chi connectivity index (χ3v) is 4.48. The Morgan fingerprint density at radius 2 is 2.27 bits per heavy atom. The lowest BCUT2D eigenvalue weighted by Gasteiger charge is -2.23. The van der Waals surface area contributed by atoms with Gasteiger partial charge >= 0.3 is 0 Å². The van der Waals surface area contributed by atoms with E-state index in [0.29, 0.717) is 31.1 Å². The summed E-state index contributed by atoms with van der Waals surface area (Å²) in [6, 6.07) is 4.69. The summed E-state index contributed by atoms with van der Waals surface area (Å²) in [6.07, 6.45) is 4.27. The van der Waals surface area contributed by atoms with Crippen LogP contribution >= 0.6 is 0 Å². The smallest absolute Gasteiger partial charge is 0.289 e. The van der Waals surface area contributed by atoms with Crippen molar-refractivity contribution < 1.29 is 14.0 Å². The molecule has 1 fully saturated rings. The lowest BCUT2D eigenvalue weighted by atomic mass is 10.0. The fraction of sp³-hybridized carbons (Fsp3) is 0.444. The van der Waals surface area contributed by atoms with Gasteiger partial charge in [-0.15, -0.1) is 0 Å². The van der Waals surface area contributed by atoms with Crippen LogP contribution in [-0.4, -0.2) is 46.5 Å². The largest absolute Gasteiger partial charge is 0.459 e. The fourth-order valence-electron chi connectivity index (χ4n) is 3.12. The highest BCUT2D eigenvalue weighted by atomic mass is 16.3. The number of furan rings is 1. The Morgan fingerprint density at radius 3 is 3.00 bits per heavy atom. The van der Waals surface area contributed by atoms with Gasteiger partial charge in [0.25, 0.3) is 11.8 Å². The van der Waals surface area contributed by atoms with Gasteiger partial charge in [-0.3, -0.25) is 19.5 Å². The maximum atomic E-state index is 12.5. The van der Waals surface area contributed by atoms with Gasteiger partial charge in [-0.25, -0.2) is 0 Å². The van der Waals surface area contributed by atoms with E-state index >= 15 is 0 Å². The highest BCUT2D eigenvalue weighted by molar-refractivity contribution is 5.92. The molecule has 0 aromatic carbocycles. The molecule has 26 heavy (non-hydrogen) atoms.